The van der Waals surface area contributed by atoms with E-state index in [0.717, 1.165) is 21.8 Å². The van der Waals surface area contributed by atoms with Crippen LogP contribution in [0.15, 0.2) is 41.3 Å². The van der Waals surface area contributed by atoms with Crippen molar-refractivity contribution in [2.75, 3.05) is 6.26 Å². The summed E-state index contributed by atoms with van der Waals surface area (Å²) >= 11 is 6.15. The van der Waals surface area contributed by atoms with E-state index in [-0.39, 0.29) is 0 Å². The molecule has 0 radical (unpaired) electrons. The first-order valence-electron chi connectivity index (χ1n) is 6.15. The molecule has 1 aromatic heterocycles. The zero-order valence-electron chi connectivity index (χ0n) is 11.6. The maximum Gasteiger partial charge on any atom is 0.0720 e. The molecule has 0 aliphatic heterocycles. The predicted molar refractivity (Wildman–Crippen MR) is 83.1 cm³/mol. The Morgan fingerprint density at radius 3 is 2.42 bits per heavy atom. The number of rotatable bonds is 2. The number of pyridine rings is 1. The van der Waals surface area contributed by atoms with Gasteiger partial charge in [0.1, 0.15) is 0 Å². The molecule has 1 heterocycles. The lowest BCUT2D eigenvalue weighted by atomic mass is 10.1. The molecule has 19 heavy (non-hydrogen) atoms. The standard InChI is InChI=1S/C13H12ClNOS.C2H6/c1-9-4-3-5-13(15-9)11-8-10(17(2)16)6-7-12(11)14;1-2/h3-8H,1-2H3;1-2H3. The maximum atomic E-state index is 11.5. The molecule has 1 aromatic carbocycles. The summed E-state index contributed by atoms with van der Waals surface area (Å²) < 4.78 is 11.5. The lowest BCUT2D eigenvalue weighted by molar-refractivity contribution is 0.687. The smallest absolute Gasteiger partial charge is 0.0720 e. The van der Waals surface area contributed by atoms with Gasteiger partial charge in [0.25, 0.3) is 0 Å². The molecule has 0 saturated carbocycles. The first-order valence-corrected chi connectivity index (χ1v) is 8.08. The summed E-state index contributed by atoms with van der Waals surface area (Å²) in [5, 5.41) is 0.623. The Bertz CT molecular complexity index is 584. The summed E-state index contributed by atoms with van der Waals surface area (Å²) in [6, 6.07) is 11.1. The van der Waals surface area contributed by atoms with E-state index in [4.69, 9.17) is 11.6 Å². The Labute approximate surface area is 122 Å². The van der Waals surface area contributed by atoms with Gasteiger partial charge < -0.3 is 0 Å². The molecule has 0 N–H and O–H groups in total. The van der Waals surface area contributed by atoms with Crippen LogP contribution in [0.2, 0.25) is 5.02 Å². The molecule has 0 saturated heterocycles. The van der Waals surface area contributed by atoms with Crippen LogP contribution in [0.5, 0.6) is 0 Å². The van der Waals surface area contributed by atoms with Crippen LogP contribution in [0, 0.1) is 6.92 Å². The molecule has 1 unspecified atom stereocenters. The molecule has 2 aromatic rings. The van der Waals surface area contributed by atoms with E-state index in [9.17, 15) is 4.21 Å². The second-order valence-electron chi connectivity index (χ2n) is 3.76. The molecule has 2 rings (SSSR count). The summed E-state index contributed by atoms with van der Waals surface area (Å²) in [5.74, 6) is 0. The lowest BCUT2D eigenvalue weighted by Gasteiger charge is -2.06. The van der Waals surface area contributed by atoms with E-state index < -0.39 is 10.8 Å². The van der Waals surface area contributed by atoms with Crippen molar-refractivity contribution in [2.24, 2.45) is 0 Å². The summed E-state index contributed by atoms with van der Waals surface area (Å²) in [6.45, 7) is 5.93. The van der Waals surface area contributed by atoms with E-state index in [1.807, 2.05) is 45.0 Å². The monoisotopic (exact) mass is 295 g/mol. The van der Waals surface area contributed by atoms with Crippen LogP contribution < -0.4 is 0 Å². The van der Waals surface area contributed by atoms with E-state index in [1.54, 1.807) is 18.4 Å². The first-order chi connectivity index (χ1) is 9.08. The fourth-order valence-corrected chi connectivity index (χ4v) is 2.33. The lowest BCUT2D eigenvalue weighted by Crippen LogP contribution is -1.91. The van der Waals surface area contributed by atoms with Gasteiger partial charge in [-0.1, -0.05) is 31.5 Å². The minimum absolute atomic E-state index is 0.623. The number of aryl methyl sites for hydroxylation is 1. The Balaban J connectivity index is 0.000000861. The average Bonchev–Trinajstić information content (AvgIpc) is 2.41. The molecule has 0 aliphatic rings. The topological polar surface area (TPSA) is 30.0 Å². The fraction of sp³-hybridized carbons (Fsp3) is 0.267. The maximum absolute atomic E-state index is 11.5. The number of aromatic nitrogens is 1. The van der Waals surface area contributed by atoms with Gasteiger partial charge in [-0.05, 0) is 37.3 Å². The molecule has 0 aliphatic carbocycles. The molecular formula is C15H18ClNOS. The second kappa shape index (κ2) is 7.41. The summed E-state index contributed by atoms with van der Waals surface area (Å²) in [6.07, 6.45) is 1.65. The van der Waals surface area contributed by atoms with Crippen LogP contribution >= 0.6 is 11.6 Å². The van der Waals surface area contributed by atoms with E-state index in [1.165, 1.54) is 0 Å². The van der Waals surface area contributed by atoms with Crippen LogP contribution in [0.1, 0.15) is 19.5 Å². The van der Waals surface area contributed by atoms with Gasteiger partial charge in [0.05, 0.1) is 10.7 Å². The Kier molecular flexibility index (Phi) is 6.19. The average molecular weight is 296 g/mol. The third-order valence-electron chi connectivity index (χ3n) is 2.43. The van der Waals surface area contributed by atoms with E-state index >= 15 is 0 Å². The van der Waals surface area contributed by atoms with Crippen LogP contribution in [0.3, 0.4) is 0 Å². The molecule has 1 atom stereocenters. The largest absolute Gasteiger partial charge is 0.255 e. The molecule has 0 amide bonds. The highest BCUT2D eigenvalue weighted by molar-refractivity contribution is 7.84. The SMILES string of the molecule is CC.Cc1cccc(-c2cc(S(C)=O)ccc2Cl)n1. The minimum atomic E-state index is -1.01. The van der Waals surface area contributed by atoms with Gasteiger partial charge >= 0.3 is 0 Å². The quantitative estimate of drug-likeness (QED) is 0.818. The predicted octanol–water partition coefficient (Wildman–Crippen LogP) is 4.47. The van der Waals surface area contributed by atoms with Crippen molar-refractivity contribution in [1.82, 2.24) is 4.98 Å². The zero-order chi connectivity index (χ0) is 14.4. The Morgan fingerprint density at radius 2 is 1.84 bits per heavy atom. The van der Waals surface area contributed by atoms with E-state index in [2.05, 4.69) is 4.98 Å². The number of nitrogens with zero attached hydrogens (tertiary/aromatic N) is 1. The van der Waals surface area contributed by atoms with Crippen molar-refractivity contribution < 1.29 is 4.21 Å². The van der Waals surface area contributed by atoms with Gasteiger partial charge in [-0.2, -0.15) is 0 Å². The Morgan fingerprint density at radius 1 is 1.16 bits per heavy atom. The van der Waals surface area contributed by atoms with Crippen molar-refractivity contribution in [2.45, 2.75) is 25.7 Å². The highest BCUT2D eigenvalue weighted by Gasteiger charge is 2.08. The normalized spacial score (nSPS) is 11.4. The molecule has 0 spiro atoms. The summed E-state index contributed by atoms with van der Waals surface area (Å²) in [4.78, 5) is 5.18. The van der Waals surface area contributed by atoms with Crippen molar-refractivity contribution in [3.63, 3.8) is 0 Å². The highest BCUT2D eigenvalue weighted by Crippen LogP contribution is 2.28. The van der Waals surface area contributed by atoms with Crippen LogP contribution in [-0.2, 0) is 10.8 Å². The molecule has 4 heteroatoms. The van der Waals surface area contributed by atoms with Crippen molar-refractivity contribution in [1.29, 1.82) is 0 Å². The van der Waals surface area contributed by atoms with Gasteiger partial charge in [0.2, 0.25) is 0 Å². The summed E-state index contributed by atoms with van der Waals surface area (Å²) in [7, 11) is -1.01. The number of halogens is 1. The van der Waals surface area contributed by atoms with Gasteiger partial charge in [-0.3, -0.25) is 9.19 Å². The third kappa shape index (κ3) is 4.15. The van der Waals surface area contributed by atoms with Crippen LogP contribution in [0.4, 0.5) is 0 Å². The van der Waals surface area contributed by atoms with Gasteiger partial charge in [-0.15, -0.1) is 0 Å². The van der Waals surface area contributed by atoms with Crippen molar-refractivity contribution in [3.8, 4) is 11.3 Å². The van der Waals surface area contributed by atoms with Gasteiger partial charge in [-0.25, -0.2) is 0 Å². The molecule has 2 nitrogen and oxygen atoms in total. The van der Waals surface area contributed by atoms with Crippen molar-refractivity contribution in [3.05, 3.63) is 47.1 Å². The second-order valence-corrected chi connectivity index (χ2v) is 5.55. The fourth-order valence-electron chi connectivity index (χ4n) is 1.57. The number of hydrogen-bond donors (Lipinski definition) is 0. The first kappa shape index (κ1) is 15.9. The van der Waals surface area contributed by atoms with Crippen LogP contribution in [-0.4, -0.2) is 15.4 Å². The van der Waals surface area contributed by atoms with Crippen LogP contribution in [0.25, 0.3) is 11.3 Å². The molecular weight excluding hydrogens is 278 g/mol. The van der Waals surface area contributed by atoms with E-state index in [0.29, 0.717) is 5.02 Å². The molecule has 0 fully saturated rings. The summed E-state index contributed by atoms with van der Waals surface area (Å²) in [5.41, 5.74) is 2.56. The zero-order valence-corrected chi connectivity index (χ0v) is 13.2. The third-order valence-corrected chi connectivity index (χ3v) is 3.68. The molecule has 0 bridgehead atoms. The Hall–Kier alpha value is -1.19. The minimum Gasteiger partial charge on any atom is -0.255 e. The van der Waals surface area contributed by atoms with Gasteiger partial charge in [0.15, 0.2) is 0 Å². The highest BCUT2D eigenvalue weighted by atomic mass is 35.5. The number of hydrogen-bond acceptors (Lipinski definition) is 2. The molecule has 102 valence electrons. The number of benzene rings is 1. The van der Waals surface area contributed by atoms with Gasteiger partial charge in [0, 0.05) is 33.2 Å². The van der Waals surface area contributed by atoms with Crippen molar-refractivity contribution >= 4 is 22.4 Å².